The third-order valence-corrected chi connectivity index (χ3v) is 2.28. The fourth-order valence-corrected chi connectivity index (χ4v) is 1.32. The molecule has 1 aromatic carbocycles. The van der Waals surface area contributed by atoms with Gasteiger partial charge in [-0.3, -0.25) is 0 Å². The van der Waals surface area contributed by atoms with Gasteiger partial charge in [0.25, 0.3) is 0 Å². The molecule has 2 nitrogen and oxygen atoms in total. The Morgan fingerprint density at radius 1 is 1.07 bits per heavy atom. The Kier molecular flexibility index (Phi) is 3.14. The number of pyridine rings is 1. The molecule has 4 heteroatoms. The van der Waals surface area contributed by atoms with Crippen LogP contribution in [0.2, 0.25) is 5.02 Å². The fourth-order valence-electron chi connectivity index (χ4n) is 1.06. The Labute approximate surface area is 98.3 Å². The molecule has 0 aliphatic rings. The van der Waals surface area contributed by atoms with Gasteiger partial charge in [0.15, 0.2) is 0 Å². The number of ether oxygens (including phenoxy) is 1. The van der Waals surface area contributed by atoms with Gasteiger partial charge in [0, 0.05) is 17.2 Å². The van der Waals surface area contributed by atoms with Crippen LogP contribution in [-0.4, -0.2) is 4.98 Å². The van der Waals surface area contributed by atoms with Crippen molar-refractivity contribution in [3.05, 3.63) is 47.6 Å². The number of nitrogens with zero attached hydrogens (tertiary/aromatic N) is 1. The fraction of sp³-hybridized carbons (Fsp3) is 0. The van der Waals surface area contributed by atoms with Gasteiger partial charge in [0.05, 0.1) is 5.02 Å². The summed E-state index contributed by atoms with van der Waals surface area (Å²) in [6, 6.07) is 10.8. The van der Waals surface area contributed by atoms with Gasteiger partial charge in [0.1, 0.15) is 5.75 Å². The first-order chi connectivity index (χ1) is 7.24. The number of hydrogen-bond donors (Lipinski definition) is 1. The van der Waals surface area contributed by atoms with E-state index in [-0.39, 0.29) is 0 Å². The first-order valence-electron chi connectivity index (χ1n) is 4.32. The van der Waals surface area contributed by atoms with Crippen molar-refractivity contribution in [2.75, 3.05) is 0 Å². The van der Waals surface area contributed by atoms with Crippen LogP contribution < -0.4 is 4.74 Å². The Morgan fingerprint density at radius 3 is 2.40 bits per heavy atom. The number of rotatable bonds is 2. The molecule has 1 aromatic heterocycles. The molecule has 0 fully saturated rings. The molecule has 1 heterocycles. The molecule has 0 N–H and O–H groups in total. The van der Waals surface area contributed by atoms with E-state index in [9.17, 15) is 0 Å². The van der Waals surface area contributed by atoms with E-state index in [1.54, 1.807) is 18.3 Å². The average molecular weight is 238 g/mol. The van der Waals surface area contributed by atoms with Crippen LogP contribution in [0, 0.1) is 0 Å². The molecule has 0 amide bonds. The van der Waals surface area contributed by atoms with E-state index in [1.165, 1.54) is 0 Å². The highest BCUT2D eigenvalue weighted by molar-refractivity contribution is 7.80. The lowest BCUT2D eigenvalue weighted by molar-refractivity contribution is 0.462. The predicted molar refractivity (Wildman–Crippen MR) is 63.0 cm³/mol. The first-order valence-corrected chi connectivity index (χ1v) is 5.15. The minimum absolute atomic E-state index is 0.520. The molecule has 0 aliphatic heterocycles. The second-order valence-electron chi connectivity index (χ2n) is 2.91. The summed E-state index contributed by atoms with van der Waals surface area (Å²) in [5.41, 5.74) is 0. The molecule has 0 radical (unpaired) electrons. The van der Waals surface area contributed by atoms with Crippen LogP contribution in [0.3, 0.4) is 0 Å². The van der Waals surface area contributed by atoms with E-state index in [1.807, 2.05) is 24.3 Å². The maximum absolute atomic E-state index is 5.71. The molecule has 0 unspecified atom stereocenters. The monoisotopic (exact) mass is 237 g/mol. The zero-order chi connectivity index (χ0) is 10.7. The summed E-state index contributed by atoms with van der Waals surface area (Å²) in [6.07, 6.45) is 1.55. The highest BCUT2D eigenvalue weighted by atomic mass is 35.5. The highest BCUT2D eigenvalue weighted by Crippen LogP contribution is 2.21. The smallest absolute Gasteiger partial charge is 0.219 e. The molecular weight excluding hydrogens is 230 g/mol. The van der Waals surface area contributed by atoms with E-state index in [4.69, 9.17) is 16.3 Å². The van der Waals surface area contributed by atoms with Gasteiger partial charge in [-0.2, -0.15) is 0 Å². The van der Waals surface area contributed by atoms with Crippen molar-refractivity contribution in [2.45, 2.75) is 4.90 Å². The average Bonchev–Trinajstić information content (AvgIpc) is 2.25. The van der Waals surface area contributed by atoms with Crippen LogP contribution in [-0.2, 0) is 0 Å². The van der Waals surface area contributed by atoms with Crippen molar-refractivity contribution in [3.63, 3.8) is 0 Å². The number of benzene rings is 1. The Hall–Kier alpha value is -1.19. The lowest BCUT2D eigenvalue weighted by Gasteiger charge is -2.04. The molecule has 0 aliphatic carbocycles. The van der Waals surface area contributed by atoms with Crippen molar-refractivity contribution < 1.29 is 4.74 Å². The lowest BCUT2D eigenvalue weighted by atomic mass is 10.3. The summed E-state index contributed by atoms with van der Waals surface area (Å²) in [7, 11) is 0. The third-order valence-electron chi connectivity index (χ3n) is 1.76. The largest absolute Gasteiger partial charge is 0.439 e. The van der Waals surface area contributed by atoms with Crippen LogP contribution >= 0.6 is 24.2 Å². The third kappa shape index (κ3) is 2.88. The van der Waals surface area contributed by atoms with Gasteiger partial charge < -0.3 is 4.74 Å². The van der Waals surface area contributed by atoms with Gasteiger partial charge in [-0.15, -0.1) is 12.6 Å². The minimum atomic E-state index is 0.520. The SMILES string of the molecule is Sc1ccc(Oc2ccc(Cl)cn2)cc1. The lowest BCUT2D eigenvalue weighted by Crippen LogP contribution is -1.86. The van der Waals surface area contributed by atoms with E-state index in [2.05, 4.69) is 17.6 Å². The second kappa shape index (κ2) is 4.55. The molecule has 2 rings (SSSR count). The Morgan fingerprint density at radius 2 is 1.80 bits per heavy atom. The molecule has 0 atom stereocenters. The zero-order valence-corrected chi connectivity index (χ0v) is 9.37. The summed E-state index contributed by atoms with van der Waals surface area (Å²) >= 11 is 9.89. The van der Waals surface area contributed by atoms with Gasteiger partial charge in [-0.25, -0.2) is 4.98 Å². The number of halogens is 1. The first kappa shape index (κ1) is 10.3. The van der Waals surface area contributed by atoms with Crippen LogP contribution in [0.1, 0.15) is 0 Å². The Bertz CT molecular complexity index is 398. The van der Waals surface area contributed by atoms with Crippen LogP contribution in [0.25, 0.3) is 0 Å². The second-order valence-corrected chi connectivity index (χ2v) is 3.86. The maximum Gasteiger partial charge on any atom is 0.219 e. The van der Waals surface area contributed by atoms with Crippen LogP contribution in [0.5, 0.6) is 11.6 Å². The van der Waals surface area contributed by atoms with Crippen molar-refractivity contribution in [1.82, 2.24) is 4.98 Å². The molecule has 0 spiro atoms. The van der Waals surface area contributed by atoms with Crippen LogP contribution in [0.4, 0.5) is 0 Å². The minimum Gasteiger partial charge on any atom is -0.439 e. The molecule has 15 heavy (non-hydrogen) atoms. The summed E-state index contributed by atoms with van der Waals surface area (Å²) < 4.78 is 5.48. The quantitative estimate of drug-likeness (QED) is 0.803. The normalized spacial score (nSPS) is 10.0. The summed E-state index contributed by atoms with van der Waals surface area (Å²) in [6.45, 7) is 0. The number of aromatic nitrogens is 1. The molecule has 0 saturated heterocycles. The van der Waals surface area contributed by atoms with Crippen molar-refractivity contribution in [2.24, 2.45) is 0 Å². The number of thiol groups is 1. The zero-order valence-electron chi connectivity index (χ0n) is 7.72. The van der Waals surface area contributed by atoms with Gasteiger partial charge >= 0.3 is 0 Å². The van der Waals surface area contributed by atoms with E-state index >= 15 is 0 Å². The summed E-state index contributed by atoms with van der Waals surface area (Å²) in [5, 5.41) is 0.591. The summed E-state index contributed by atoms with van der Waals surface area (Å²) in [5.74, 6) is 1.24. The standard InChI is InChI=1S/C11H8ClNOS/c12-8-1-6-11(13-7-8)14-9-2-4-10(15)5-3-9/h1-7,15H. The van der Waals surface area contributed by atoms with E-state index in [0.29, 0.717) is 10.9 Å². The molecule has 0 saturated carbocycles. The van der Waals surface area contributed by atoms with Gasteiger partial charge in [0.2, 0.25) is 5.88 Å². The van der Waals surface area contributed by atoms with E-state index in [0.717, 1.165) is 10.6 Å². The molecule has 0 bridgehead atoms. The molecular formula is C11H8ClNOS. The topological polar surface area (TPSA) is 22.1 Å². The maximum atomic E-state index is 5.71. The van der Waals surface area contributed by atoms with Gasteiger partial charge in [-0.1, -0.05) is 11.6 Å². The number of hydrogen-bond acceptors (Lipinski definition) is 3. The highest BCUT2D eigenvalue weighted by Gasteiger charge is 1.97. The van der Waals surface area contributed by atoms with Crippen LogP contribution in [0.15, 0.2) is 47.5 Å². The van der Waals surface area contributed by atoms with Gasteiger partial charge in [-0.05, 0) is 30.3 Å². The predicted octanol–water partition coefficient (Wildman–Crippen LogP) is 3.82. The van der Waals surface area contributed by atoms with E-state index < -0.39 is 0 Å². The molecule has 76 valence electrons. The van der Waals surface area contributed by atoms with Crippen molar-refractivity contribution in [1.29, 1.82) is 0 Å². The Balaban J connectivity index is 2.15. The van der Waals surface area contributed by atoms with Crippen molar-refractivity contribution in [3.8, 4) is 11.6 Å². The summed E-state index contributed by atoms with van der Waals surface area (Å²) in [4.78, 5) is 4.92. The molecule has 2 aromatic rings. The van der Waals surface area contributed by atoms with Crippen molar-refractivity contribution >= 4 is 24.2 Å².